The van der Waals surface area contributed by atoms with E-state index < -0.39 is 0 Å². The molecule has 8 nitrogen and oxygen atoms in total. The van der Waals surface area contributed by atoms with Crippen LogP contribution in [0.5, 0.6) is 11.5 Å². The summed E-state index contributed by atoms with van der Waals surface area (Å²) in [7, 11) is 3.27. The highest BCUT2D eigenvalue weighted by Crippen LogP contribution is 2.27. The lowest BCUT2D eigenvalue weighted by molar-refractivity contribution is -0.118. The molecule has 1 fully saturated rings. The van der Waals surface area contributed by atoms with Crippen LogP contribution in [0, 0.1) is 6.92 Å². The lowest BCUT2D eigenvalue weighted by atomic mass is 10.1. The maximum atomic E-state index is 10.9. The van der Waals surface area contributed by atoms with Gasteiger partial charge in [0.25, 0.3) is 0 Å². The van der Waals surface area contributed by atoms with Crippen LogP contribution >= 0.6 is 0 Å². The second-order valence-electron chi connectivity index (χ2n) is 6.65. The summed E-state index contributed by atoms with van der Waals surface area (Å²) in [6.07, 6.45) is 1.74. The normalized spacial score (nSPS) is 14.0. The van der Waals surface area contributed by atoms with E-state index in [1.165, 1.54) is 0 Å². The number of rotatable bonds is 8. The Labute approximate surface area is 165 Å². The first-order valence-electron chi connectivity index (χ1n) is 9.37. The molecule has 0 aliphatic carbocycles. The van der Waals surface area contributed by atoms with Gasteiger partial charge in [0.1, 0.15) is 17.5 Å². The standard InChI is InChI=1S/C20H27N5O3/c1-15-22-19(13-20(23-15)25-10-8-24(14-26)9-11-25)21-7-6-16-4-5-17(27-2)18(12-16)28-3/h4-5,12-14H,6-11H2,1-3H3,(H,21,22,23). The molecule has 2 heterocycles. The van der Waals surface area contributed by atoms with Crippen LogP contribution in [0.1, 0.15) is 11.4 Å². The molecule has 1 aliphatic rings. The Kier molecular flexibility index (Phi) is 6.52. The number of methoxy groups -OCH3 is 2. The van der Waals surface area contributed by atoms with Crippen molar-refractivity contribution in [2.45, 2.75) is 13.3 Å². The molecule has 1 aromatic carbocycles. The second-order valence-corrected chi connectivity index (χ2v) is 6.65. The third kappa shape index (κ3) is 4.82. The Hall–Kier alpha value is -3.03. The van der Waals surface area contributed by atoms with Crippen molar-refractivity contribution >= 4 is 18.0 Å². The maximum Gasteiger partial charge on any atom is 0.209 e. The molecule has 2 aromatic rings. The topological polar surface area (TPSA) is 79.8 Å². The van der Waals surface area contributed by atoms with E-state index in [2.05, 4.69) is 20.2 Å². The van der Waals surface area contributed by atoms with E-state index in [1.54, 1.807) is 19.1 Å². The van der Waals surface area contributed by atoms with Gasteiger partial charge in [0.2, 0.25) is 6.41 Å². The number of benzene rings is 1. The molecule has 0 spiro atoms. The summed E-state index contributed by atoms with van der Waals surface area (Å²) in [5, 5.41) is 3.38. The van der Waals surface area contributed by atoms with Crippen LogP contribution in [0.3, 0.4) is 0 Å². The number of nitrogens with zero attached hydrogens (tertiary/aromatic N) is 4. The van der Waals surface area contributed by atoms with Crippen LogP contribution in [-0.4, -0.2) is 68.2 Å². The fourth-order valence-corrected chi connectivity index (χ4v) is 3.23. The molecule has 8 heteroatoms. The zero-order valence-electron chi connectivity index (χ0n) is 16.6. The highest BCUT2D eigenvalue weighted by atomic mass is 16.5. The average molecular weight is 385 g/mol. The van der Waals surface area contributed by atoms with E-state index >= 15 is 0 Å². The predicted molar refractivity (Wildman–Crippen MR) is 108 cm³/mol. The van der Waals surface area contributed by atoms with Crippen molar-refractivity contribution in [3.05, 3.63) is 35.7 Å². The molecule has 0 unspecified atom stereocenters. The molecule has 0 saturated carbocycles. The molecular formula is C20H27N5O3. The van der Waals surface area contributed by atoms with Crippen molar-refractivity contribution in [1.82, 2.24) is 14.9 Å². The SMILES string of the molecule is COc1ccc(CCNc2cc(N3CCN(C=O)CC3)nc(C)n2)cc1OC. The highest BCUT2D eigenvalue weighted by Gasteiger charge is 2.17. The average Bonchev–Trinajstić information content (AvgIpc) is 2.73. The summed E-state index contributed by atoms with van der Waals surface area (Å²) in [6, 6.07) is 7.91. The Morgan fingerprint density at radius 2 is 1.82 bits per heavy atom. The van der Waals surface area contributed by atoms with Gasteiger partial charge in [0, 0.05) is 38.8 Å². The summed E-state index contributed by atoms with van der Waals surface area (Å²) in [5.74, 6) is 3.89. The van der Waals surface area contributed by atoms with Crippen molar-refractivity contribution < 1.29 is 14.3 Å². The van der Waals surface area contributed by atoms with Gasteiger partial charge >= 0.3 is 0 Å². The molecule has 1 amide bonds. The number of aromatic nitrogens is 2. The molecule has 0 bridgehead atoms. The lowest BCUT2D eigenvalue weighted by Gasteiger charge is -2.33. The number of anilines is 2. The van der Waals surface area contributed by atoms with Crippen molar-refractivity contribution in [1.29, 1.82) is 0 Å². The van der Waals surface area contributed by atoms with Crippen molar-refractivity contribution in [2.75, 3.05) is 57.2 Å². The van der Waals surface area contributed by atoms with E-state index in [0.29, 0.717) is 13.1 Å². The molecule has 28 heavy (non-hydrogen) atoms. The first-order chi connectivity index (χ1) is 13.6. The quantitative estimate of drug-likeness (QED) is 0.693. The van der Waals surface area contributed by atoms with Gasteiger partial charge in [-0.2, -0.15) is 0 Å². The van der Waals surface area contributed by atoms with Gasteiger partial charge in [-0.15, -0.1) is 0 Å². The molecular weight excluding hydrogens is 358 g/mol. The minimum absolute atomic E-state index is 0.717. The molecule has 1 saturated heterocycles. The van der Waals surface area contributed by atoms with E-state index in [0.717, 1.165) is 67.0 Å². The largest absolute Gasteiger partial charge is 0.493 e. The van der Waals surface area contributed by atoms with Crippen LogP contribution in [0.4, 0.5) is 11.6 Å². The van der Waals surface area contributed by atoms with E-state index in [4.69, 9.17) is 9.47 Å². The Bertz CT molecular complexity index is 806. The fourth-order valence-electron chi connectivity index (χ4n) is 3.23. The molecule has 1 aliphatic heterocycles. The minimum Gasteiger partial charge on any atom is -0.493 e. The molecule has 0 radical (unpaired) electrons. The third-order valence-corrected chi connectivity index (χ3v) is 4.78. The van der Waals surface area contributed by atoms with Crippen molar-refractivity contribution in [3.63, 3.8) is 0 Å². The Balaban J connectivity index is 1.60. The van der Waals surface area contributed by atoms with Crippen LogP contribution < -0.4 is 19.7 Å². The van der Waals surface area contributed by atoms with Gasteiger partial charge in [-0.3, -0.25) is 4.79 Å². The minimum atomic E-state index is 0.717. The fraction of sp³-hybridized carbons (Fsp3) is 0.450. The van der Waals surface area contributed by atoms with Gasteiger partial charge in [-0.05, 0) is 31.0 Å². The number of hydrogen-bond acceptors (Lipinski definition) is 7. The Morgan fingerprint density at radius 1 is 1.07 bits per heavy atom. The number of carbonyl (C=O) groups excluding carboxylic acids is 1. The summed E-state index contributed by atoms with van der Waals surface area (Å²) in [6.45, 7) is 5.62. The second kappa shape index (κ2) is 9.25. The summed E-state index contributed by atoms with van der Waals surface area (Å²) in [5.41, 5.74) is 1.15. The number of hydrogen-bond donors (Lipinski definition) is 1. The highest BCUT2D eigenvalue weighted by molar-refractivity contribution is 5.52. The van der Waals surface area contributed by atoms with Gasteiger partial charge in [0.05, 0.1) is 14.2 Å². The number of aryl methyl sites for hydroxylation is 1. The summed E-state index contributed by atoms with van der Waals surface area (Å²) < 4.78 is 10.6. The van der Waals surface area contributed by atoms with Crippen LogP contribution in [-0.2, 0) is 11.2 Å². The van der Waals surface area contributed by atoms with Crippen LogP contribution in [0.25, 0.3) is 0 Å². The monoisotopic (exact) mass is 385 g/mol. The van der Waals surface area contributed by atoms with Gasteiger partial charge in [-0.1, -0.05) is 6.07 Å². The number of nitrogens with one attached hydrogen (secondary N) is 1. The zero-order chi connectivity index (χ0) is 19.9. The van der Waals surface area contributed by atoms with Crippen molar-refractivity contribution in [2.24, 2.45) is 0 Å². The molecule has 150 valence electrons. The van der Waals surface area contributed by atoms with Crippen molar-refractivity contribution in [3.8, 4) is 11.5 Å². The lowest BCUT2D eigenvalue weighted by Crippen LogP contribution is -2.46. The number of amides is 1. The van der Waals surface area contributed by atoms with E-state index in [9.17, 15) is 4.79 Å². The number of carbonyl (C=O) groups is 1. The number of piperazine rings is 1. The molecule has 1 aromatic heterocycles. The first kappa shape index (κ1) is 19.7. The summed E-state index contributed by atoms with van der Waals surface area (Å²) >= 11 is 0. The third-order valence-electron chi connectivity index (χ3n) is 4.78. The maximum absolute atomic E-state index is 10.9. The molecule has 3 rings (SSSR count). The summed E-state index contributed by atoms with van der Waals surface area (Å²) in [4.78, 5) is 23.9. The van der Waals surface area contributed by atoms with Gasteiger partial charge in [0.15, 0.2) is 11.5 Å². The van der Waals surface area contributed by atoms with Gasteiger partial charge < -0.3 is 24.6 Å². The van der Waals surface area contributed by atoms with Crippen LogP contribution in [0.15, 0.2) is 24.3 Å². The predicted octanol–water partition coefficient (Wildman–Crippen LogP) is 1.74. The van der Waals surface area contributed by atoms with E-state index in [-0.39, 0.29) is 0 Å². The molecule has 1 N–H and O–H groups in total. The van der Waals surface area contributed by atoms with Crippen LogP contribution in [0.2, 0.25) is 0 Å². The zero-order valence-corrected chi connectivity index (χ0v) is 16.6. The first-order valence-corrected chi connectivity index (χ1v) is 9.37. The molecule has 0 atom stereocenters. The smallest absolute Gasteiger partial charge is 0.209 e. The van der Waals surface area contributed by atoms with E-state index in [1.807, 2.05) is 31.2 Å². The van der Waals surface area contributed by atoms with Gasteiger partial charge in [-0.25, -0.2) is 9.97 Å². The Morgan fingerprint density at radius 3 is 2.50 bits per heavy atom. The number of ether oxygens (including phenoxy) is 2.